The van der Waals surface area contributed by atoms with Gasteiger partial charge in [-0.3, -0.25) is 4.79 Å². The van der Waals surface area contributed by atoms with Gasteiger partial charge in [0.1, 0.15) is 6.61 Å². The number of hydrogen-bond donors (Lipinski definition) is 1. The molecule has 0 bridgehead atoms. The lowest BCUT2D eigenvalue weighted by Gasteiger charge is -2.04. The zero-order valence-electron chi connectivity index (χ0n) is 9.82. The van der Waals surface area contributed by atoms with Crippen LogP contribution in [0.1, 0.15) is 31.2 Å². The molecule has 0 saturated carbocycles. The molecule has 94 valence electrons. The highest BCUT2D eigenvalue weighted by atomic mass is 35.5. The number of benzene rings is 1. The molecule has 0 aliphatic heterocycles. The molecular formula is C13H18ClNO2. The van der Waals surface area contributed by atoms with Gasteiger partial charge in [-0.15, -0.1) is 0 Å². The molecule has 0 radical (unpaired) electrons. The third-order valence-electron chi connectivity index (χ3n) is 2.39. The third-order valence-corrected chi connectivity index (χ3v) is 2.58. The van der Waals surface area contributed by atoms with Crippen molar-refractivity contribution in [1.29, 1.82) is 0 Å². The van der Waals surface area contributed by atoms with Crippen LogP contribution < -0.4 is 4.84 Å². The second kappa shape index (κ2) is 9.02. The predicted octanol–water partition coefficient (Wildman–Crippen LogP) is 3.03. The molecule has 0 aliphatic carbocycles. The van der Waals surface area contributed by atoms with Crippen molar-refractivity contribution in [2.24, 2.45) is 0 Å². The van der Waals surface area contributed by atoms with Gasteiger partial charge in [0.25, 0.3) is 0 Å². The molecule has 0 spiro atoms. The Labute approximate surface area is 107 Å². The monoisotopic (exact) mass is 255 g/mol. The van der Waals surface area contributed by atoms with E-state index in [4.69, 9.17) is 16.5 Å². The lowest BCUT2D eigenvalue weighted by atomic mass is 10.2. The smallest absolute Gasteiger partial charge is 0.306 e. The summed E-state index contributed by atoms with van der Waals surface area (Å²) in [5.74, 6) is -0.132. The molecule has 0 unspecified atom stereocenters. The number of carbonyl (C=O) groups excluding carboxylic acids is 1. The molecule has 4 heteroatoms. The van der Waals surface area contributed by atoms with Crippen LogP contribution in [0.15, 0.2) is 30.3 Å². The summed E-state index contributed by atoms with van der Waals surface area (Å²) in [5, 5.41) is 0. The van der Waals surface area contributed by atoms with Crippen LogP contribution in [0.25, 0.3) is 0 Å². The van der Waals surface area contributed by atoms with Gasteiger partial charge in [0.15, 0.2) is 0 Å². The maximum absolute atomic E-state index is 11.4. The summed E-state index contributed by atoms with van der Waals surface area (Å²) < 4.78 is 5.15. The van der Waals surface area contributed by atoms with Gasteiger partial charge in [-0.2, -0.15) is 0 Å². The molecule has 1 aromatic carbocycles. The van der Waals surface area contributed by atoms with Gasteiger partial charge >= 0.3 is 5.97 Å². The van der Waals surface area contributed by atoms with Crippen LogP contribution in [0, 0.1) is 0 Å². The van der Waals surface area contributed by atoms with Gasteiger partial charge in [0, 0.05) is 13.0 Å². The first-order valence-electron chi connectivity index (χ1n) is 5.86. The van der Waals surface area contributed by atoms with Crippen molar-refractivity contribution in [3.63, 3.8) is 0 Å². The average molecular weight is 256 g/mol. The number of hydrogen-bond acceptors (Lipinski definition) is 3. The Balaban J connectivity index is 2.05. The van der Waals surface area contributed by atoms with E-state index in [1.165, 1.54) is 0 Å². The van der Waals surface area contributed by atoms with Crippen LogP contribution in [0.5, 0.6) is 0 Å². The summed E-state index contributed by atoms with van der Waals surface area (Å²) in [5.41, 5.74) is 1.02. The Hall–Kier alpha value is -1.06. The Morgan fingerprint density at radius 1 is 1.18 bits per heavy atom. The molecule has 17 heavy (non-hydrogen) atoms. The van der Waals surface area contributed by atoms with E-state index in [-0.39, 0.29) is 5.97 Å². The zero-order chi connectivity index (χ0) is 12.3. The fraction of sp³-hybridized carbons (Fsp3) is 0.462. The summed E-state index contributed by atoms with van der Waals surface area (Å²) in [6.45, 7) is 1.14. The summed E-state index contributed by atoms with van der Waals surface area (Å²) in [7, 11) is 0. The van der Waals surface area contributed by atoms with E-state index in [1.807, 2.05) is 30.3 Å². The highest BCUT2D eigenvalue weighted by Gasteiger charge is 2.02. The van der Waals surface area contributed by atoms with Crippen molar-refractivity contribution >= 4 is 17.7 Å². The van der Waals surface area contributed by atoms with Crippen LogP contribution in [-0.2, 0) is 16.1 Å². The highest BCUT2D eigenvalue weighted by molar-refractivity contribution is 6.13. The van der Waals surface area contributed by atoms with Crippen LogP contribution >= 0.6 is 11.8 Å². The van der Waals surface area contributed by atoms with Gasteiger partial charge in [0.05, 0.1) is 0 Å². The van der Waals surface area contributed by atoms with E-state index in [0.717, 1.165) is 31.4 Å². The minimum Gasteiger partial charge on any atom is -0.461 e. The maximum atomic E-state index is 11.4. The van der Waals surface area contributed by atoms with Crippen LogP contribution in [-0.4, -0.2) is 12.5 Å². The Bertz CT molecular complexity index is 316. The predicted molar refractivity (Wildman–Crippen MR) is 68.6 cm³/mol. The van der Waals surface area contributed by atoms with Crippen LogP contribution in [0.4, 0.5) is 0 Å². The van der Waals surface area contributed by atoms with Gasteiger partial charge in [-0.05, 0) is 30.2 Å². The molecular weight excluding hydrogens is 238 g/mol. The third kappa shape index (κ3) is 6.97. The Kier molecular flexibility index (Phi) is 7.43. The molecule has 0 amide bonds. The van der Waals surface area contributed by atoms with E-state index in [2.05, 4.69) is 4.84 Å². The summed E-state index contributed by atoms with van der Waals surface area (Å²) in [6.07, 6.45) is 3.30. The van der Waals surface area contributed by atoms with Crippen LogP contribution in [0.2, 0.25) is 0 Å². The number of halogens is 1. The van der Waals surface area contributed by atoms with Gasteiger partial charge in [-0.25, -0.2) is 4.84 Å². The topological polar surface area (TPSA) is 38.3 Å². The fourth-order valence-electron chi connectivity index (χ4n) is 1.45. The van der Waals surface area contributed by atoms with E-state index in [0.29, 0.717) is 13.0 Å². The SMILES string of the molecule is O=C(CCCCCNCl)OCc1ccccc1. The molecule has 0 heterocycles. The number of rotatable bonds is 8. The minimum atomic E-state index is -0.132. The Morgan fingerprint density at radius 3 is 2.65 bits per heavy atom. The molecule has 1 N–H and O–H groups in total. The number of ether oxygens (including phenoxy) is 1. The van der Waals surface area contributed by atoms with Gasteiger partial charge in [0.2, 0.25) is 0 Å². The quantitative estimate of drug-likeness (QED) is 0.441. The first-order chi connectivity index (χ1) is 8.33. The highest BCUT2D eigenvalue weighted by Crippen LogP contribution is 2.04. The normalized spacial score (nSPS) is 10.2. The second-order valence-corrected chi connectivity index (χ2v) is 4.11. The van der Waals surface area contributed by atoms with Crippen molar-refractivity contribution in [3.8, 4) is 0 Å². The standard InChI is InChI=1S/C13H18ClNO2/c14-15-10-6-2-5-9-13(16)17-11-12-7-3-1-4-8-12/h1,3-4,7-8,15H,2,5-6,9-11H2. The van der Waals surface area contributed by atoms with Crippen molar-refractivity contribution < 1.29 is 9.53 Å². The van der Waals surface area contributed by atoms with Gasteiger partial charge in [-0.1, -0.05) is 36.8 Å². The molecule has 3 nitrogen and oxygen atoms in total. The van der Waals surface area contributed by atoms with Crippen molar-refractivity contribution in [3.05, 3.63) is 35.9 Å². The molecule has 0 saturated heterocycles. The summed E-state index contributed by atoms with van der Waals surface area (Å²) in [6, 6.07) is 9.69. The average Bonchev–Trinajstić information content (AvgIpc) is 2.37. The summed E-state index contributed by atoms with van der Waals surface area (Å²) >= 11 is 5.32. The largest absolute Gasteiger partial charge is 0.461 e. The number of carbonyl (C=O) groups is 1. The maximum Gasteiger partial charge on any atom is 0.306 e. The molecule has 0 aromatic heterocycles. The van der Waals surface area contributed by atoms with Gasteiger partial charge < -0.3 is 4.74 Å². The minimum absolute atomic E-state index is 0.132. The lowest BCUT2D eigenvalue weighted by Crippen LogP contribution is -2.05. The first kappa shape index (κ1) is 14.0. The molecule has 1 rings (SSSR count). The first-order valence-corrected chi connectivity index (χ1v) is 6.24. The Morgan fingerprint density at radius 2 is 1.94 bits per heavy atom. The zero-order valence-corrected chi connectivity index (χ0v) is 10.6. The number of esters is 1. The molecule has 0 fully saturated rings. The molecule has 1 aromatic rings. The van der Waals surface area contributed by atoms with E-state index in [1.54, 1.807) is 0 Å². The number of unbranched alkanes of at least 4 members (excludes halogenated alkanes) is 2. The number of nitrogens with one attached hydrogen (secondary N) is 1. The van der Waals surface area contributed by atoms with E-state index < -0.39 is 0 Å². The van der Waals surface area contributed by atoms with Crippen molar-refractivity contribution in [1.82, 2.24) is 4.84 Å². The van der Waals surface area contributed by atoms with Crippen LogP contribution in [0.3, 0.4) is 0 Å². The molecule has 0 aliphatic rings. The summed E-state index contributed by atoms with van der Waals surface area (Å²) in [4.78, 5) is 13.9. The van der Waals surface area contributed by atoms with Crippen molar-refractivity contribution in [2.75, 3.05) is 6.54 Å². The second-order valence-electron chi connectivity index (χ2n) is 3.84. The van der Waals surface area contributed by atoms with E-state index >= 15 is 0 Å². The fourth-order valence-corrected chi connectivity index (χ4v) is 1.58. The van der Waals surface area contributed by atoms with Crippen molar-refractivity contribution in [2.45, 2.75) is 32.3 Å². The lowest BCUT2D eigenvalue weighted by molar-refractivity contribution is -0.145. The molecule has 0 atom stereocenters. The van der Waals surface area contributed by atoms with E-state index in [9.17, 15) is 4.79 Å².